The van der Waals surface area contributed by atoms with Gasteiger partial charge in [-0.25, -0.2) is 0 Å². The number of aromatic hydroxyl groups is 1. The van der Waals surface area contributed by atoms with Gasteiger partial charge in [0.1, 0.15) is 17.2 Å². The molecule has 1 atom stereocenters. The summed E-state index contributed by atoms with van der Waals surface area (Å²) in [7, 11) is 1.71. The summed E-state index contributed by atoms with van der Waals surface area (Å²) in [6, 6.07) is 22.5. The fourth-order valence-corrected chi connectivity index (χ4v) is 5.52. The molecule has 1 aliphatic carbocycles. The number of aromatic nitrogens is 1. The minimum atomic E-state index is 0. The standard InChI is InChI=1S/C32H38N2O3.ClH/c1-36-27-13-8-23(9-14-27)5-3-2-4-19-34-31-16-10-25(33)21-29(31)30-22-28(15-17-32(30)34)37-20-18-24-6-11-26(35)12-7-24;/h6-9,11-15,17,22,25,35H,2-5,10,16,18-21,33H2,1H3;1H. The lowest BCUT2D eigenvalue weighted by molar-refractivity contribution is 0.322. The normalized spacial score (nSPS) is 14.6. The number of halogens is 1. The number of phenols is 1. The first-order valence-corrected chi connectivity index (χ1v) is 13.5. The molecular formula is C32H39ClN2O3. The van der Waals surface area contributed by atoms with E-state index in [1.807, 2.05) is 24.3 Å². The third kappa shape index (κ3) is 6.64. The highest BCUT2D eigenvalue weighted by atomic mass is 35.5. The average Bonchev–Trinajstić information content (AvgIpc) is 3.22. The van der Waals surface area contributed by atoms with Crippen LogP contribution < -0.4 is 15.2 Å². The first kappa shape index (κ1) is 27.9. The molecule has 5 nitrogen and oxygen atoms in total. The van der Waals surface area contributed by atoms with Crippen LogP contribution in [0.25, 0.3) is 10.9 Å². The molecule has 0 saturated carbocycles. The lowest BCUT2D eigenvalue weighted by atomic mass is 9.92. The number of unbranched alkanes of at least 4 members (excludes halogenated alkanes) is 2. The highest BCUT2D eigenvalue weighted by Crippen LogP contribution is 2.34. The van der Waals surface area contributed by atoms with Crippen molar-refractivity contribution < 1.29 is 14.6 Å². The molecule has 0 fully saturated rings. The fraction of sp³-hybridized carbons (Fsp3) is 0.375. The molecule has 1 heterocycles. The van der Waals surface area contributed by atoms with E-state index in [9.17, 15) is 5.11 Å². The maximum Gasteiger partial charge on any atom is 0.120 e. The maximum atomic E-state index is 9.48. The Morgan fingerprint density at radius 1 is 0.895 bits per heavy atom. The van der Waals surface area contributed by atoms with E-state index in [0.29, 0.717) is 12.4 Å². The molecule has 3 aromatic carbocycles. The van der Waals surface area contributed by atoms with Crippen molar-refractivity contribution in [2.45, 2.75) is 64.0 Å². The van der Waals surface area contributed by atoms with Crippen molar-refractivity contribution >= 4 is 23.3 Å². The maximum absolute atomic E-state index is 9.48. The number of rotatable bonds is 11. The summed E-state index contributed by atoms with van der Waals surface area (Å²) in [6.07, 6.45) is 8.52. The van der Waals surface area contributed by atoms with Gasteiger partial charge >= 0.3 is 0 Å². The minimum Gasteiger partial charge on any atom is -0.508 e. The number of hydrogen-bond acceptors (Lipinski definition) is 4. The Morgan fingerprint density at radius 3 is 2.37 bits per heavy atom. The van der Waals surface area contributed by atoms with Gasteiger partial charge in [0.15, 0.2) is 0 Å². The van der Waals surface area contributed by atoms with Gasteiger partial charge in [-0.15, -0.1) is 12.4 Å². The number of phenolic OH excluding ortho intramolecular Hbond substituents is 1. The first-order chi connectivity index (χ1) is 18.1. The molecule has 202 valence electrons. The van der Waals surface area contributed by atoms with Crippen LogP contribution in [-0.4, -0.2) is 29.4 Å². The van der Waals surface area contributed by atoms with Crippen LogP contribution in [0.15, 0.2) is 66.7 Å². The highest BCUT2D eigenvalue weighted by molar-refractivity contribution is 5.87. The molecule has 6 heteroatoms. The molecule has 3 N–H and O–H groups in total. The number of aryl methyl sites for hydroxylation is 2. The third-order valence-electron chi connectivity index (χ3n) is 7.58. The zero-order chi connectivity index (χ0) is 25.6. The Hall–Kier alpha value is -3.15. The molecule has 4 aromatic rings. The summed E-state index contributed by atoms with van der Waals surface area (Å²) >= 11 is 0. The zero-order valence-electron chi connectivity index (χ0n) is 22.2. The molecule has 0 saturated heterocycles. The predicted molar refractivity (Wildman–Crippen MR) is 157 cm³/mol. The van der Waals surface area contributed by atoms with E-state index < -0.39 is 0 Å². The van der Waals surface area contributed by atoms with Gasteiger partial charge in [-0.1, -0.05) is 30.7 Å². The van der Waals surface area contributed by atoms with Crippen molar-refractivity contribution in [2.75, 3.05) is 13.7 Å². The topological polar surface area (TPSA) is 69.6 Å². The quantitative estimate of drug-likeness (QED) is 0.212. The Balaban J connectivity index is 0.00000336. The largest absolute Gasteiger partial charge is 0.508 e. The second-order valence-electron chi connectivity index (χ2n) is 10.2. The summed E-state index contributed by atoms with van der Waals surface area (Å²) in [5.74, 6) is 2.11. The van der Waals surface area contributed by atoms with E-state index in [-0.39, 0.29) is 18.4 Å². The van der Waals surface area contributed by atoms with E-state index in [2.05, 4.69) is 34.9 Å². The second kappa shape index (κ2) is 13.1. The van der Waals surface area contributed by atoms with E-state index in [1.54, 1.807) is 19.2 Å². The molecule has 0 amide bonds. The summed E-state index contributed by atoms with van der Waals surface area (Å²) < 4.78 is 13.9. The van der Waals surface area contributed by atoms with Gasteiger partial charge < -0.3 is 24.9 Å². The smallest absolute Gasteiger partial charge is 0.120 e. The van der Waals surface area contributed by atoms with Crippen LogP contribution in [0.2, 0.25) is 0 Å². The number of benzene rings is 3. The first-order valence-electron chi connectivity index (χ1n) is 13.5. The Bertz CT molecular complexity index is 1320. The summed E-state index contributed by atoms with van der Waals surface area (Å²) in [5.41, 5.74) is 13.1. The van der Waals surface area contributed by atoms with Gasteiger partial charge in [-0.05, 0) is 97.7 Å². The lowest BCUT2D eigenvalue weighted by Crippen LogP contribution is -2.28. The van der Waals surface area contributed by atoms with Gasteiger partial charge in [-0.2, -0.15) is 0 Å². The predicted octanol–water partition coefficient (Wildman–Crippen LogP) is 6.63. The van der Waals surface area contributed by atoms with E-state index >= 15 is 0 Å². The van der Waals surface area contributed by atoms with Crippen molar-refractivity contribution in [3.05, 3.63) is 89.1 Å². The van der Waals surface area contributed by atoms with Gasteiger partial charge in [0.05, 0.1) is 13.7 Å². The van der Waals surface area contributed by atoms with Crippen molar-refractivity contribution in [2.24, 2.45) is 5.73 Å². The van der Waals surface area contributed by atoms with Gasteiger partial charge in [0.2, 0.25) is 0 Å². The van der Waals surface area contributed by atoms with Crippen molar-refractivity contribution in [3.8, 4) is 17.2 Å². The molecule has 5 rings (SSSR count). The number of ether oxygens (including phenoxy) is 2. The van der Waals surface area contributed by atoms with Crippen LogP contribution in [0.4, 0.5) is 0 Å². The monoisotopic (exact) mass is 534 g/mol. The third-order valence-corrected chi connectivity index (χ3v) is 7.58. The molecule has 0 aliphatic heterocycles. The molecule has 38 heavy (non-hydrogen) atoms. The van der Waals surface area contributed by atoms with Crippen molar-refractivity contribution in [3.63, 3.8) is 0 Å². The fourth-order valence-electron chi connectivity index (χ4n) is 5.52. The van der Waals surface area contributed by atoms with Gasteiger partial charge in [0, 0.05) is 35.6 Å². The molecular weight excluding hydrogens is 496 g/mol. The minimum absolute atomic E-state index is 0. The average molecular weight is 535 g/mol. The Kier molecular flexibility index (Phi) is 9.59. The van der Waals surface area contributed by atoms with Crippen LogP contribution in [-0.2, 0) is 32.2 Å². The second-order valence-corrected chi connectivity index (χ2v) is 10.2. The van der Waals surface area contributed by atoms with E-state index in [0.717, 1.165) is 55.7 Å². The summed E-state index contributed by atoms with van der Waals surface area (Å²) in [5, 5.41) is 10.8. The number of hydrogen-bond donors (Lipinski definition) is 2. The number of nitrogens with two attached hydrogens (primary N) is 1. The van der Waals surface area contributed by atoms with Crippen LogP contribution in [0.5, 0.6) is 17.2 Å². The number of fused-ring (bicyclic) bond motifs is 3. The molecule has 0 radical (unpaired) electrons. The number of nitrogens with zero attached hydrogens (tertiary/aromatic N) is 1. The number of methoxy groups -OCH3 is 1. The van der Waals surface area contributed by atoms with Crippen molar-refractivity contribution in [1.82, 2.24) is 4.57 Å². The van der Waals surface area contributed by atoms with Gasteiger partial charge in [-0.3, -0.25) is 0 Å². The van der Waals surface area contributed by atoms with Crippen LogP contribution >= 0.6 is 12.4 Å². The van der Waals surface area contributed by atoms with E-state index in [4.69, 9.17) is 15.2 Å². The van der Waals surface area contributed by atoms with E-state index in [1.165, 1.54) is 47.0 Å². The molecule has 1 unspecified atom stereocenters. The zero-order valence-corrected chi connectivity index (χ0v) is 23.0. The molecule has 0 bridgehead atoms. The van der Waals surface area contributed by atoms with Crippen LogP contribution in [0, 0.1) is 0 Å². The Morgan fingerprint density at radius 2 is 1.61 bits per heavy atom. The summed E-state index contributed by atoms with van der Waals surface area (Å²) in [6.45, 7) is 1.65. The SMILES string of the molecule is COc1ccc(CCCCCn2c3c(c4cc(OCCc5ccc(O)cc5)ccc42)CC(N)CC3)cc1.Cl. The van der Waals surface area contributed by atoms with Crippen LogP contribution in [0.1, 0.15) is 48.1 Å². The molecule has 0 spiro atoms. The summed E-state index contributed by atoms with van der Waals surface area (Å²) in [4.78, 5) is 0. The molecule has 1 aliphatic rings. The Labute approximate surface area is 232 Å². The van der Waals surface area contributed by atoms with Crippen molar-refractivity contribution in [1.29, 1.82) is 0 Å². The lowest BCUT2D eigenvalue weighted by Gasteiger charge is -2.21. The van der Waals surface area contributed by atoms with Gasteiger partial charge in [0.25, 0.3) is 0 Å². The molecule has 1 aromatic heterocycles. The van der Waals surface area contributed by atoms with Crippen LogP contribution in [0.3, 0.4) is 0 Å². The highest BCUT2D eigenvalue weighted by Gasteiger charge is 2.23.